The Balaban J connectivity index is 2.05. The quantitative estimate of drug-likeness (QED) is 0.736. The van der Waals surface area contributed by atoms with E-state index in [0.717, 1.165) is 0 Å². The number of para-hydroxylation sites is 1. The van der Waals surface area contributed by atoms with Crippen LogP contribution in [0.5, 0.6) is 17.8 Å². The predicted molar refractivity (Wildman–Crippen MR) is 83.0 cm³/mol. The van der Waals surface area contributed by atoms with E-state index in [1.807, 2.05) is 24.3 Å². The third kappa shape index (κ3) is 3.24. The van der Waals surface area contributed by atoms with Crippen LogP contribution in [0.25, 0.3) is 11.4 Å². The molecule has 2 aromatic carbocycles. The van der Waals surface area contributed by atoms with Crippen LogP contribution in [0.2, 0.25) is 0 Å². The Morgan fingerprint density at radius 3 is 2.30 bits per heavy atom. The van der Waals surface area contributed by atoms with Gasteiger partial charge in [-0.2, -0.15) is 15.2 Å². The molecule has 1 heterocycles. The van der Waals surface area contributed by atoms with Gasteiger partial charge < -0.3 is 9.47 Å². The van der Waals surface area contributed by atoms with Gasteiger partial charge in [0.2, 0.25) is 0 Å². The minimum Gasteiger partial charge on any atom is -0.467 e. The number of methoxy groups -OCH3 is 1. The third-order valence-electron chi connectivity index (χ3n) is 3.02. The number of nitriles is 1. The van der Waals surface area contributed by atoms with Gasteiger partial charge in [-0.1, -0.05) is 30.3 Å². The number of aromatic nitrogens is 3. The van der Waals surface area contributed by atoms with Crippen molar-refractivity contribution in [3.8, 4) is 35.2 Å². The van der Waals surface area contributed by atoms with Gasteiger partial charge >= 0.3 is 12.0 Å². The molecule has 3 rings (SSSR count). The minimum absolute atomic E-state index is 0.103. The number of hydrogen-bond donors (Lipinski definition) is 0. The number of hydrogen-bond acceptors (Lipinski definition) is 6. The monoisotopic (exact) mass is 304 g/mol. The molecule has 6 nitrogen and oxygen atoms in total. The molecule has 0 bridgehead atoms. The molecule has 0 saturated heterocycles. The minimum atomic E-state index is 0.103. The first-order valence-corrected chi connectivity index (χ1v) is 6.82. The van der Waals surface area contributed by atoms with Crippen LogP contribution in [0.15, 0.2) is 54.6 Å². The van der Waals surface area contributed by atoms with Crippen molar-refractivity contribution in [1.29, 1.82) is 5.26 Å². The summed E-state index contributed by atoms with van der Waals surface area (Å²) in [6, 6.07) is 18.6. The number of ether oxygens (including phenoxy) is 2. The molecule has 0 aliphatic heterocycles. The maximum atomic E-state index is 9.23. The summed E-state index contributed by atoms with van der Waals surface area (Å²) in [6.07, 6.45) is 0. The molecule has 0 radical (unpaired) electrons. The Kier molecular flexibility index (Phi) is 4.11. The van der Waals surface area contributed by atoms with Crippen LogP contribution < -0.4 is 9.47 Å². The summed E-state index contributed by atoms with van der Waals surface area (Å²) in [5, 5.41) is 9.23. The fourth-order valence-corrected chi connectivity index (χ4v) is 1.96. The standard InChI is InChI=1S/C17H12N4O2/c1-22-16-19-15(14-10-6-5-7-12(14)11-18)20-17(21-16)23-13-8-3-2-4-9-13/h2-10H,1H3. The van der Waals surface area contributed by atoms with Gasteiger partial charge in [0.25, 0.3) is 0 Å². The van der Waals surface area contributed by atoms with Gasteiger partial charge in [0, 0.05) is 5.56 Å². The van der Waals surface area contributed by atoms with Crippen molar-refractivity contribution in [3.05, 3.63) is 60.2 Å². The van der Waals surface area contributed by atoms with E-state index in [9.17, 15) is 5.26 Å². The third-order valence-corrected chi connectivity index (χ3v) is 3.02. The van der Waals surface area contributed by atoms with E-state index >= 15 is 0 Å². The SMILES string of the molecule is COc1nc(Oc2ccccc2)nc(-c2ccccc2C#N)n1. The summed E-state index contributed by atoms with van der Waals surface area (Å²) in [5.74, 6) is 0.917. The highest BCUT2D eigenvalue weighted by molar-refractivity contribution is 5.64. The second-order valence-electron chi connectivity index (χ2n) is 4.50. The van der Waals surface area contributed by atoms with Gasteiger partial charge in [0.05, 0.1) is 18.7 Å². The molecule has 3 aromatic rings. The molecule has 0 atom stereocenters. The number of benzene rings is 2. The first kappa shape index (κ1) is 14.5. The average molecular weight is 304 g/mol. The number of nitrogens with zero attached hydrogens (tertiary/aromatic N) is 4. The van der Waals surface area contributed by atoms with Crippen LogP contribution in [-0.4, -0.2) is 22.1 Å². The average Bonchev–Trinajstić information content (AvgIpc) is 2.62. The lowest BCUT2D eigenvalue weighted by Gasteiger charge is -2.08. The van der Waals surface area contributed by atoms with Crippen LogP contribution in [0.1, 0.15) is 5.56 Å². The molecule has 0 aliphatic rings. The van der Waals surface area contributed by atoms with Crippen LogP contribution in [0.4, 0.5) is 0 Å². The molecule has 0 N–H and O–H groups in total. The first-order valence-electron chi connectivity index (χ1n) is 6.82. The molecule has 6 heteroatoms. The number of rotatable bonds is 4. The van der Waals surface area contributed by atoms with Crippen molar-refractivity contribution in [2.75, 3.05) is 7.11 Å². The molecule has 1 aromatic heterocycles. The largest absolute Gasteiger partial charge is 0.467 e. The lowest BCUT2D eigenvalue weighted by atomic mass is 10.1. The topological polar surface area (TPSA) is 80.9 Å². The van der Waals surface area contributed by atoms with Crippen LogP contribution >= 0.6 is 0 Å². The Hall–Kier alpha value is -3.46. The lowest BCUT2D eigenvalue weighted by molar-refractivity contribution is 0.360. The maximum absolute atomic E-state index is 9.23. The molecule has 23 heavy (non-hydrogen) atoms. The maximum Gasteiger partial charge on any atom is 0.328 e. The summed E-state index contributed by atoms with van der Waals surface area (Å²) in [5.41, 5.74) is 1.06. The lowest BCUT2D eigenvalue weighted by Crippen LogP contribution is -2.01. The Morgan fingerprint density at radius 1 is 0.870 bits per heavy atom. The summed E-state index contributed by atoms with van der Waals surface area (Å²) in [4.78, 5) is 12.6. The molecule has 0 spiro atoms. The zero-order chi connectivity index (χ0) is 16.1. The second-order valence-corrected chi connectivity index (χ2v) is 4.50. The van der Waals surface area contributed by atoms with Crippen LogP contribution in [-0.2, 0) is 0 Å². The van der Waals surface area contributed by atoms with E-state index in [2.05, 4.69) is 21.0 Å². The van der Waals surface area contributed by atoms with E-state index in [-0.39, 0.29) is 12.0 Å². The van der Waals surface area contributed by atoms with E-state index < -0.39 is 0 Å². The van der Waals surface area contributed by atoms with Crippen molar-refractivity contribution < 1.29 is 9.47 Å². The van der Waals surface area contributed by atoms with Gasteiger partial charge in [0.15, 0.2) is 5.82 Å². The fourth-order valence-electron chi connectivity index (χ4n) is 1.96. The Labute approximate surface area is 133 Å². The molecule has 0 fully saturated rings. The van der Waals surface area contributed by atoms with E-state index in [1.165, 1.54) is 7.11 Å². The Morgan fingerprint density at radius 2 is 1.57 bits per heavy atom. The van der Waals surface area contributed by atoms with Crippen molar-refractivity contribution in [2.24, 2.45) is 0 Å². The highest BCUT2D eigenvalue weighted by Gasteiger charge is 2.13. The second kappa shape index (κ2) is 6.54. The molecule has 112 valence electrons. The summed E-state index contributed by atoms with van der Waals surface area (Å²) in [7, 11) is 1.46. The van der Waals surface area contributed by atoms with Crippen molar-refractivity contribution in [3.63, 3.8) is 0 Å². The fraction of sp³-hybridized carbons (Fsp3) is 0.0588. The zero-order valence-corrected chi connectivity index (χ0v) is 12.3. The van der Waals surface area contributed by atoms with E-state index in [1.54, 1.807) is 30.3 Å². The molecular weight excluding hydrogens is 292 g/mol. The van der Waals surface area contributed by atoms with Crippen LogP contribution in [0, 0.1) is 11.3 Å². The highest BCUT2D eigenvalue weighted by Crippen LogP contribution is 2.25. The first-order chi connectivity index (χ1) is 11.3. The van der Waals surface area contributed by atoms with Crippen LogP contribution in [0.3, 0.4) is 0 Å². The molecule has 0 aliphatic carbocycles. The molecular formula is C17H12N4O2. The molecule has 0 amide bonds. The highest BCUT2D eigenvalue weighted by atomic mass is 16.5. The van der Waals surface area contributed by atoms with Crippen molar-refractivity contribution in [1.82, 2.24) is 15.0 Å². The van der Waals surface area contributed by atoms with Gasteiger partial charge in [-0.05, 0) is 24.3 Å². The van der Waals surface area contributed by atoms with Gasteiger partial charge in [-0.15, -0.1) is 4.98 Å². The van der Waals surface area contributed by atoms with E-state index in [4.69, 9.17) is 9.47 Å². The van der Waals surface area contributed by atoms with Crippen molar-refractivity contribution >= 4 is 0 Å². The molecule has 0 unspecified atom stereocenters. The molecule has 0 saturated carbocycles. The van der Waals surface area contributed by atoms with E-state index in [0.29, 0.717) is 22.7 Å². The smallest absolute Gasteiger partial charge is 0.328 e. The summed E-state index contributed by atoms with van der Waals surface area (Å²) < 4.78 is 10.7. The Bertz CT molecular complexity index is 860. The predicted octanol–water partition coefficient (Wildman–Crippen LogP) is 3.21. The van der Waals surface area contributed by atoms with Gasteiger partial charge in [0.1, 0.15) is 5.75 Å². The van der Waals surface area contributed by atoms with Gasteiger partial charge in [-0.3, -0.25) is 0 Å². The normalized spacial score (nSPS) is 9.91. The summed E-state index contributed by atoms with van der Waals surface area (Å²) in [6.45, 7) is 0. The van der Waals surface area contributed by atoms with Crippen molar-refractivity contribution in [2.45, 2.75) is 0 Å². The zero-order valence-electron chi connectivity index (χ0n) is 12.3. The van der Waals surface area contributed by atoms with Gasteiger partial charge in [-0.25, -0.2) is 0 Å². The summed E-state index contributed by atoms with van der Waals surface area (Å²) >= 11 is 0.